The van der Waals surface area contributed by atoms with Crippen molar-refractivity contribution in [2.45, 2.75) is 38.6 Å². The molecule has 0 unspecified atom stereocenters. The lowest BCUT2D eigenvalue weighted by molar-refractivity contribution is 0.641. The lowest BCUT2D eigenvalue weighted by atomic mass is 10.4. The van der Waals surface area contributed by atoms with E-state index in [-0.39, 0.29) is 10.9 Å². The van der Waals surface area contributed by atoms with Gasteiger partial charge in [-0.25, -0.2) is 0 Å². The molecule has 0 aromatic rings. The van der Waals surface area contributed by atoms with Gasteiger partial charge in [0.15, 0.2) is 0 Å². The number of hydrogen-bond donors (Lipinski definition) is 1. The Morgan fingerprint density at radius 1 is 1.42 bits per heavy atom. The van der Waals surface area contributed by atoms with Gasteiger partial charge in [0.1, 0.15) is 4.87 Å². The number of thioether (sulfide) groups is 1. The lowest BCUT2D eigenvalue weighted by Gasteiger charge is -2.17. The fourth-order valence-electron chi connectivity index (χ4n) is 0.592. The molecule has 2 N–H and O–H groups in total. The van der Waals surface area contributed by atoms with Gasteiger partial charge in [-0.2, -0.15) is 10.2 Å². The molecule has 12 heavy (non-hydrogen) atoms. The first-order chi connectivity index (χ1) is 5.48. The van der Waals surface area contributed by atoms with E-state index in [1.807, 2.05) is 13.8 Å². The highest BCUT2D eigenvalue weighted by molar-refractivity contribution is 8.00. The van der Waals surface area contributed by atoms with Gasteiger partial charge in [-0.1, -0.05) is 0 Å². The molecule has 0 spiro atoms. The molecule has 4 heteroatoms. The van der Waals surface area contributed by atoms with E-state index in [9.17, 15) is 0 Å². The summed E-state index contributed by atoms with van der Waals surface area (Å²) < 4.78 is 0. The Morgan fingerprint density at radius 3 is 2.42 bits per heavy atom. The smallest absolute Gasteiger partial charge is 0.121 e. The average Bonchev–Trinajstić information content (AvgIpc) is 1.98. The highest BCUT2D eigenvalue weighted by Crippen LogP contribution is 2.25. The van der Waals surface area contributed by atoms with E-state index in [1.165, 1.54) is 0 Å². The topological polar surface area (TPSA) is 50.7 Å². The van der Waals surface area contributed by atoms with Gasteiger partial charge < -0.3 is 5.73 Å². The number of nitrogens with two attached hydrogens (primary N) is 1. The van der Waals surface area contributed by atoms with Gasteiger partial charge >= 0.3 is 0 Å². The summed E-state index contributed by atoms with van der Waals surface area (Å²) in [5.41, 5.74) is 5.40. The fraction of sp³-hybridized carbons (Fsp3) is 1.00. The van der Waals surface area contributed by atoms with Crippen LogP contribution in [0.5, 0.6) is 0 Å². The van der Waals surface area contributed by atoms with Crippen molar-refractivity contribution in [3.63, 3.8) is 0 Å². The third-order valence-corrected chi connectivity index (χ3v) is 2.33. The minimum atomic E-state index is -0.121. The molecule has 0 aliphatic heterocycles. The van der Waals surface area contributed by atoms with E-state index < -0.39 is 0 Å². The summed E-state index contributed by atoms with van der Waals surface area (Å²) in [6.07, 6.45) is 0. The van der Waals surface area contributed by atoms with Crippen molar-refractivity contribution in [2.24, 2.45) is 16.0 Å². The van der Waals surface area contributed by atoms with E-state index in [1.54, 1.807) is 11.8 Å². The summed E-state index contributed by atoms with van der Waals surface area (Å²) in [4.78, 5) is -0.121. The number of nitrogens with zero attached hydrogens (tertiary/aromatic N) is 2. The highest BCUT2D eigenvalue weighted by Gasteiger charge is 2.16. The number of azo groups is 1. The van der Waals surface area contributed by atoms with Crippen LogP contribution in [-0.2, 0) is 0 Å². The van der Waals surface area contributed by atoms with Crippen LogP contribution in [0.25, 0.3) is 0 Å². The first-order valence-electron chi connectivity index (χ1n) is 4.24. The van der Waals surface area contributed by atoms with Crippen molar-refractivity contribution >= 4 is 11.8 Å². The Bertz CT molecular complexity index is 143. The maximum atomic E-state index is 5.40. The zero-order valence-corrected chi connectivity index (χ0v) is 9.19. The molecule has 3 nitrogen and oxygen atoms in total. The Balaban J connectivity index is 3.85. The predicted molar refractivity (Wildman–Crippen MR) is 55.6 cm³/mol. The summed E-state index contributed by atoms with van der Waals surface area (Å²) in [5, 5.41) is 8.34. The van der Waals surface area contributed by atoms with E-state index in [0.717, 1.165) is 5.75 Å². The first kappa shape index (κ1) is 11.9. The summed E-state index contributed by atoms with van der Waals surface area (Å²) >= 11 is 1.74. The van der Waals surface area contributed by atoms with Gasteiger partial charge in [0.25, 0.3) is 0 Å². The molecule has 0 aliphatic carbocycles. The van der Waals surface area contributed by atoms with Gasteiger partial charge in [-0.3, -0.25) is 0 Å². The van der Waals surface area contributed by atoms with Crippen molar-refractivity contribution < 1.29 is 0 Å². The molecule has 0 saturated heterocycles. The largest absolute Gasteiger partial charge is 0.330 e. The molecule has 0 atom stereocenters. The van der Waals surface area contributed by atoms with E-state index in [2.05, 4.69) is 24.1 Å². The van der Waals surface area contributed by atoms with Gasteiger partial charge in [-0.05, 0) is 27.7 Å². The minimum Gasteiger partial charge on any atom is -0.330 e. The molecular weight excluding hydrogens is 170 g/mol. The molecule has 0 rings (SSSR count). The lowest BCUT2D eigenvalue weighted by Crippen LogP contribution is -2.14. The molecule has 0 fully saturated rings. The molecule has 0 bridgehead atoms. The second kappa shape index (κ2) is 5.54. The Labute approximate surface area is 79.2 Å². The molecule has 0 aromatic heterocycles. The molecule has 0 heterocycles. The number of rotatable bonds is 5. The Hall–Kier alpha value is -0.0900. The van der Waals surface area contributed by atoms with E-state index >= 15 is 0 Å². The molecule has 0 saturated carbocycles. The second-order valence-corrected chi connectivity index (χ2v) is 5.09. The zero-order chi connectivity index (χ0) is 9.61. The summed E-state index contributed by atoms with van der Waals surface area (Å²) in [7, 11) is 0. The molecule has 0 aromatic carbocycles. The van der Waals surface area contributed by atoms with Crippen LogP contribution in [0.3, 0.4) is 0 Å². The van der Waals surface area contributed by atoms with Crippen molar-refractivity contribution in [2.75, 3.05) is 12.3 Å². The predicted octanol–water partition coefficient (Wildman–Crippen LogP) is 2.27. The monoisotopic (exact) mass is 189 g/mol. The van der Waals surface area contributed by atoms with Crippen molar-refractivity contribution in [3.05, 3.63) is 0 Å². The third-order valence-electron chi connectivity index (χ3n) is 1.10. The first-order valence-corrected chi connectivity index (χ1v) is 5.22. The van der Waals surface area contributed by atoms with Crippen LogP contribution in [0, 0.1) is 0 Å². The van der Waals surface area contributed by atoms with Crippen LogP contribution >= 0.6 is 11.8 Å². The van der Waals surface area contributed by atoms with Gasteiger partial charge in [0, 0.05) is 12.3 Å². The van der Waals surface area contributed by atoms with Gasteiger partial charge in [0.2, 0.25) is 0 Å². The van der Waals surface area contributed by atoms with Crippen molar-refractivity contribution in [3.8, 4) is 0 Å². The Morgan fingerprint density at radius 2 is 2.00 bits per heavy atom. The zero-order valence-electron chi connectivity index (χ0n) is 8.37. The molecule has 0 amide bonds. The fourth-order valence-corrected chi connectivity index (χ4v) is 1.31. The summed E-state index contributed by atoms with van der Waals surface area (Å²) in [6, 6.07) is 0.280. The normalized spacial score (nSPS) is 13.2. The van der Waals surface area contributed by atoms with Crippen molar-refractivity contribution in [1.82, 2.24) is 0 Å². The number of hydrogen-bond acceptors (Lipinski definition) is 4. The molecular formula is C8H19N3S. The SMILES string of the molecule is CC(C)N=NC(C)(C)SCCN. The quantitative estimate of drug-likeness (QED) is 0.674. The van der Waals surface area contributed by atoms with E-state index in [0.29, 0.717) is 6.54 Å². The van der Waals surface area contributed by atoms with Crippen LogP contribution in [0.4, 0.5) is 0 Å². The standard InChI is InChI=1S/C8H19N3S/c1-7(2)10-11-8(3,4)12-6-5-9/h7H,5-6,9H2,1-4H3. The van der Waals surface area contributed by atoms with Crippen LogP contribution in [0.2, 0.25) is 0 Å². The van der Waals surface area contributed by atoms with Crippen LogP contribution in [-0.4, -0.2) is 23.2 Å². The molecule has 0 aliphatic rings. The maximum absolute atomic E-state index is 5.40. The maximum Gasteiger partial charge on any atom is 0.121 e. The van der Waals surface area contributed by atoms with E-state index in [4.69, 9.17) is 5.73 Å². The van der Waals surface area contributed by atoms with Gasteiger partial charge in [0.05, 0.1) is 6.04 Å². The summed E-state index contributed by atoms with van der Waals surface area (Å²) in [6.45, 7) is 8.85. The molecule has 0 radical (unpaired) electrons. The van der Waals surface area contributed by atoms with Crippen LogP contribution in [0.15, 0.2) is 10.2 Å². The highest BCUT2D eigenvalue weighted by atomic mass is 32.2. The van der Waals surface area contributed by atoms with Crippen LogP contribution in [0.1, 0.15) is 27.7 Å². The average molecular weight is 189 g/mol. The van der Waals surface area contributed by atoms with Crippen LogP contribution < -0.4 is 5.73 Å². The van der Waals surface area contributed by atoms with Gasteiger partial charge in [-0.15, -0.1) is 11.8 Å². The minimum absolute atomic E-state index is 0.121. The molecule has 72 valence electrons. The van der Waals surface area contributed by atoms with Crippen molar-refractivity contribution in [1.29, 1.82) is 0 Å². The summed E-state index contributed by atoms with van der Waals surface area (Å²) in [5.74, 6) is 0.935. The third kappa shape index (κ3) is 6.61. The second-order valence-electron chi connectivity index (χ2n) is 3.39. The Kier molecular flexibility index (Phi) is 5.50.